The Morgan fingerprint density at radius 1 is 1.00 bits per heavy atom. The summed E-state index contributed by atoms with van der Waals surface area (Å²) in [6.07, 6.45) is 10.1. The normalized spacial score (nSPS) is 25.9. The Balaban J connectivity index is 2.42. The molecule has 2 aliphatic rings. The average Bonchev–Trinajstić information content (AvgIpc) is 3.29. The topological polar surface area (TPSA) is 36.9 Å². The molecule has 0 aliphatic carbocycles. The van der Waals surface area contributed by atoms with Gasteiger partial charge in [-0.25, -0.2) is 0 Å². The summed E-state index contributed by atoms with van der Waals surface area (Å²) < 4.78 is 32.0. The fourth-order valence-corrected chi connectivity index (χ4v) is 21.8. The Labute approximate surface area is 210 Å². The van der Waals surface area contributed by atoms with E-state index in [0.29, 0.717) is 6.61 Å². The van der Waals surface area contributed by atoms with Gasteiger partial charge in [-0.05, 0) is 0 Å². The van der Waals surface area contributed by atoms with Gasteiger partial charge in [-0.2, -0.15) is 0 Å². The van der Waals surface area contributed by atoms with Crippen molar-refractivity contribution in [2.45, 2.75) is 149 Å². The molecule has 0 aromatic heterocycles. The SMILES string of the molecule is CCC[CH2][Sn]([CH2]CCC)([CH2]CCC)[C]1=C[C@@H](O[Si](C)(C)C(C)(C)C)[C@@H]([C@H]2COC(C)(C)O2)O1. The molecule has 4 nitrogen and oxygen atoms in total. The summed E-state index contributed by atoms with van der Waals surface area (Å²) in [5, 5.41) is 0.160. The molecule has 2 aliphatic heterocycles. The van der Waals surface area contributed by atoms with Gasteiger partial charge in [0.1, 0.15) is 0 Å². The Morgan fingerprint density at radius 2 is 1.52 bits per heavy atom. The van der Waals surface area contributed by atoms with Gasteiger partial charge in [0.15, 0.2) is 0 Å². The predicted molar refractivity (Wildman–Crippen MR) is 145 cm³/mol. The van der Waals surface area contributed by atoms with E-state index < -0.39 is 32.5 Å². The van der Waals surface area contributed by atoms with Crippen LogP contribution in [0, 0.1) is 0 Å². The monoisotopic (exact) mass is 590 g/mol. The summed E-state index contributed by atoms with van der Waals surface area (Å²) >= 11 is -2.69. The molecule has 0 spiro atoms. The molecule has 0 radical (unpaired) electrons. The quantitative estimate of drug-likeness (QED) is 0.203. The first-order valence-electron chi connectivity index (χ1n) is 13.7. The van der Waals surface area contributed by atoms with E-state index in [1.54, 1.807) is 0 Å². The summed E-state index contributed by atoms with van der Waals surface area (Å²) in [5.74, 6) is -0.550. The van der Waals surface area contributed by atoms with Gasteiger partial charge in [0, 0.05) is 0 Å². The Morgan fingerprint density at radius 3 is 1.91 bits per heavy atom. The van der Waals surface area contributed by atoms with E-state index >= 15 is 0 Å². The summed E-state index contributed by atoms with van der Waals surface area (Å²) in [6, 6.07) is 0. The zero-order chi connectivity index (χ0) is 24.9. The molecular formula is C27H54O4SiSn. The van der Waals surface area contributed by atoms with Crippen molar-refractivity contribution in [3.63, 3.8) is 0 Å². The molecule has 194 valence electrons. The fraction of sp³-hybridized carbons (Fsp3) is 0.926. The molecule has 1 fully saturated rings. The molecule has 0 N–H and O–H groups in total. The summed E-state index contributed by atoms with van der Waals surface area (Å²) in [7, 11) is -1.96. The minimum absolute atomic E-state index is 0.0238. The van der Waals surface area contributed by atoms with E-state index in [2.05, 4.69) is 60.7 Å². The van der Waals surface area contributed by atoms with Gasteiger partial charge in [0.25, 0.3) is 0 Å². The first-order valence-corrected chi connectivity index (χ1v) is 24.1. The van der Waals surface area contributed by atoms with Crippen LogP contribution in [0.15, 0.2) is 9.85 Å². The van der Waals surface area contributed by atoms with Gasteiger partial charge in [-0.15, -0.1) is 0 Å². The molecule has 2 rings (SSSR count). The molecule has 1 saturated heterocycles. The second kappa shape index (κ2) is 12.1. The van der Waals surface area contributed by atoms with Gasteiger partial charge in [-0.1, -0.05) is 0 Å². The zero-order valence-corrected chi connectivity index (χ0v) is 27.4. The van der Waals surface area contributed by atoms with E-state index in [4.69, 9.17) is 18.6 Å². The third-order valence-electron chi connectivity index (χ3n) is 8.09. The van der Waals surface area contributed by atoms with Gasteiger partial charge in [-0.3, -0.25) is 0 Å². The maximum atomic E-state index is 7.03. The molecule has 0 unspecified atom stereocenters. The van der Waals surface area contributed by atoms with Crippen LogP contribution in [0.25, 0.3) is 0 Å². The van der Waals surface area contributed by atoms with Crippen molar-refractivity contribution in [2.75, 3.05) is 6.61 Å². The second-order valence-corrected chi connectivity index (χ2v) is 30.2. The van der Waals surface area contributed by atoms with Crippen LogP contribution in [0.5, 0.6) is 0 Å². The summed E-state index contributed by atoms with van der Waals surface area (Å²) in [6.45, 7) is 23.3. The van der Waals surface area contributed by atoms with Crippen LogP contribution >= 0.6 is 0 Å². The van der Waals surface area contributed by atoms with Crippen LogP contribution in [0.3, 0.4) is 0 Å². The van der Waals surface area contributed by atoms with Crippen molar-refractivity contribution in [3.8, 4) is 0 Å². The minimum atomic E-state index is -2.69. The number of rotatable bonds is 13. The molecule has 0 aromatic carbocycles. The van der Waals surface area contributed by atoms with Crippen LogP contribution in [0.4, 0.5) is 0 Å². The first kappa shape index (κ1) is 29.7. The van der Waals surface area contributed by atoms with E-state index in [9.17, 15) is 0 Å². The maximum absolute atomic E-state index is 7.03. The van der Waals surface area contributed by atoms with Crippen molar-refractivity contribution >= 4 is 26.7 Å². The standard InChI is InChI=1S/C15H27O4Si.3C4H9.Sn/c1-14(2,3)20(6,7)19-11-8-9-16-13(11)12-10-17-15(4,5)18-12;3*1-3-4-2;/h8,11-13H,10H2,1-7H3;3*1,3-4H2,2H3;/t11-,12-,13+;;;;/m1..../s1. The third-order valence-corrected chi connectivity index (χ3v) is 27.6. The van der Waals surface area contributed by atoms with Crippen molar-refractivity contribution in [1.29, 1.82) is 0 Å². The van der Waals surface area contributed by atoms with Crippen LogP contribution in [0.2, 0.25) is 31.4 Å². The molecule has 3 atom stereocenters. The Bertz CT molecular complexity index is 619. The fourth-order valence-electron chi connectivity index (χ4n) is 4.87. The third kappa shape index (κ3) is 7.71. The van der Waals surface area contributed by atoms with E-state index in [0.717, 1.165) is 0 Å². The number of ether oxygens (including phenoxy) is 3. The van der Waals surface area contributed by atoms with Crippen molar-refractivity contribution in [2.24, 2.45) is 0 Å². The molecule has 2 heterocycles. The van der Waals surface area contributed by atoms with E-state index in [-0.39, 0.29) is 23.4 Å². The predicted octanol–water partition coefficient (Wildman–Crippen LogP) is 8.20. The van der Waals surface area contributed by atoms with E-state index in [1.165, 1.54) is 55.6 Å². The number of hydrogen-bond acceptors (Lipinski definition) is 4. The molecule has 6 heteroatoms. The average molecular weight is 590 g/mol. The van der Waals surface area contributed by atoms with Crippen molar-refractivity contribution < 1.29 is 18.6 Å². The molecule has 0 amide bonds. The molecule has 0 aromatic rings. The first-order chi connectivity index (χ1) is 15.3. The van der Waals surface area contributed by atoms with Gasteiger partial charge in [0.05, 0.1) is 0 Å². The molecular weight excluding hydrogens is 535 g/mol. The van der Waals surface area contributed by atoms with Gasteiger partial charge < -0.3 is 0 Å². The molecule has 0 bridgehead atoms. The van der Waals surface area contributed by atoms with Crippen LogP contribution in [-0.2, 0) is 18.6 Å². The van der Waals surface area contributed by atoms with Crippen LogP contribution in [0.1, 0.15) is 93.9 Å². The van der Waals surface area contributed by atoms with Gasteiger partial charge >= 0.3 is 211 Å². The van der Waals surface area contributed by atoms with Crippen LogP contribution < -0.4 is 0 Å². The Hall–Kier alpha value is 0.436. The number of unbranched alkanes of at least 4 members (excludes halogenated alkanes) is 3. The van der Waals surface area contributed by atoms with Gasteiger partial charge in [0.2, 0.25) is 0 Å². The summed E-state index contributed by atoms with van der Waals surface area (Å²) in [4.78, 5) is 0. The number of hydrogen-bond donors (Lipinski definition) is 0. The van der Waals surface area contributed by atoms with Crippen LogP contribution in [-0.4, -0.2) is 57.4 Å². The molecule has 0 saturated carbocycles. The Kier molecular flexibility index (Phi) is 10.9. The second-order valence-electron chi connectivity index (χ2n) is 12.4. The summed E-state index contributed by atoms with van der Waals surface area (Å²) in [5.41, 5.74) is 0. The van der Waals surface area contributed by atoms with Crippen molar-refractivity contribution in [3.05, 3.63) is 9.85 Å². The zero-order valence-electron chi connectivity index (χ0n) is 23.5. The van der Waals surface area contributed by atoms with Crippen molar-refractivity contribution in [1.82, 2.24) is 0 Å². The van der Waals surface area contributed by atoms with E-state index in [1.807, 2.05) is 13.8 Å². The molecule has 33 heavy (non-hydrogen) atoms.